The number of alkyl halides is 6. The number of anilines is 1. The smallest absolute Gasteiger partial charge is 0.422 e. The first kappa shape index (κ1) is 23.6. The average Bonchev–Trinajstić information content (AvgIpc) is 2.63. The molecular formula is C18H17F6NO4S. The lowest BCUT2D eigenvalue weighted by molar-refractivity contribution is -0.153. The topological polar surface area (TPSA) is 64.6 Å². The molecule has 0 heterocycles. The van der Waals surface area contributed by atoms with Gasteiger partial charge in [0.2, 0.25) is 0 Å². The molecule has 2 aromatic carbocycles. The van der Waals surface area contributed by atoms with E-state index in [1.54, 1.807) is 12.1 Å². The average molecular weight is 457 g/mol. The molecule has 0 fully saturated rings. The van der Waals surface area contributed by atoms with Gasteiger partial charge in [-0.25, -0.2) is 8.42 Å². The van der Waals surface area contributed by atoms with E-state index in [0.717, 1.165) is 23.8 Å². The Kier molecular flexibility index (Phi) is 7.11. The SMILES string of the molecule is CCc1ccc(S(=O)(=O)Nc2cc(OCC(F)(F)F)cc(OCC(F)(F)F)c2)cc1. The molecule has 166 valence electrons. The molecule has 2 rings (SSSR count). The van der Waals surface area contributed by atoms with Crippen LogP contribution in [0.25, 0.3) is 0 Å². The second-order valence-electron chi connectivity index (χ2n) is 6.10. The van der Waals surface area contributed by atoms with E-state index in [9.17, 15) is 34.8 Å². The second kappa shape index (κ2) is 9.02. The third-order valence-electron chi connectivity index (χ3n) is 3.58. The van der Waals surface area contributed by atoms with Gasteiger partial charge >= 0.3 is 12.4 Å². The summed E-state index contributed by atoms with van der Waals surface area (Å²) in [4.78, 5) is -0.140. The lowest BCUT2D eigenvalue weighted by atomic mass is 10.2. The Labute approximate surface area is 168 Å². The van der Waals surface area contributed by atoms with Crippen LogP contribution in [0.4, 0.5) is 32.0 Å². The van der Waals surface area contributed by atoms with E-state index < -0.39 is 47.1 Å². The summed E-state index contributed by atoms with van der Waals surface area (Å²) >= 11 is 0. The maximum Gasteiger partial charge on any atom is 0.422 e. The molecule has 0 saturated carbocycles. The summed E-state index contributed by atoms with van der Waals surface area (Å²) in [6.45, 7) is -1.57. The number of aryl methyl sites for hydroxylation is 1. The fourth-order valence-electron chi connectivity index (χ4n) is 2.25. The van der Waals surface area contributed by atoms with Gasteiger partial charge in [-0.2, -0.15) is 26.3 Å². The minimum absolute atomic E-state index is 0.140. The van der Waals surface area contributed by atoms with E-state index >= 15 is 0 Å². The molecule has 0 unspecified atom stereocenters. The molecule has 0 aliphatic carbocycles. The molecule has 0 spiro atoms. The largest absolute Gasteiger partial charge is 0.484 e. The molecule has 12 heteroatoms. The van der Waals surface area contributed by atoms with Crippen LogP contribution in [0.5, 0.6) is 11.5 Å². The lowest BCUT2D eigenvalue weighted by Gasteiger charge is -2.15. The van der Waals surface area contributed by atoms with Crippen molar-refractivity contribution >= 4 is 15.7 Å². The number of hydrogen-bond acceptors (Lipinski definition) is 4. The van der Waals surface area contributed by atoms with Gasteiger partial charge in [-0.15, -0.1) is 0 Å². The zero-order chi connectivity index (χ0) is 22.6. The van der Waals surface area contributed by atoms with Crippen LogP contribution in [-0.2, 0) is 16.4 Å². The van der Waals surface area contributed by atoms with Crippen LogP contribution in [0.1, 0.15) is 12.5 Å². The molecule has 0 bridgehead atoms. The van der Waals surface area contributed by atoms with Gasteiger partial charge in [-0.05, 0) is 24.1 Å². The van der Waals surface area contributed by atoms with Gasteiger partial charge < -0.3 is 9.47 Å². The van der Waals surface area contributed by atoms with Gasteiger partial charge in [0.15, 0.2) is 13.2 Å². The molecule has 0 saturated heterocycles. The Morgan fingerprint density at radius 3 is 1.70 bits per heavy atom. The van der Waals surface area contributed by atoms with Crippen molar-refractivity contribution in [1.82, 2.24) is 0 Å². The number of halogens is 6. The van der Waals surface area contributed by atoms with Crippen LogP contribution < -0.4 is 14.2 Å². The van der Waals surface area contributed by atoms with Gasteiger partial charge in [0, 0.05) is 18.2 Å². The Morgan fingerprint density at radius 1 is 0.833 bits per heavy atom. The maximum atomic E-state index is 12.5. The molecular weight excluding hydrogens is 440 g/mol. The number of nitrogens with one attached hydrogen (secondary N) is 1. The van der Waals surface area contributed by atoms with Crippen molar-refractivity contribution in [2.45, 2.75) is 30.6 Å². The van der Waals surface area contributed by atoms with Gasteiger partial charge in [-0.3, -0.25) is 4.72 Å². The van der Waals surface area contributed by atoms with Gasteiger partial charge in [0.1, 0.15) is 11.5 Å². The highest BCUT2D eigenvalue weighted by molar-refractivity contribution is 7.92. The number of hydrogen-bond donors (Lipinski definition) is 1. The summed E-state index contributed by atoms with van der Waals surface area (Å²) < 4.78 is 110. The Morgan fingerprint density at radius 2 is 1.30 bits per heavy atom. The van der Waals surface area contributed by atoms with E-state index in [1.807, 2.05) is 6.92 Å². The quantitative estimate of drug-likeness (QED) is 0.571. The summed E-state index contributed by atoms with van der Waals surface area (Å²) in [5.74, 6) is -1.04. The Bertz CT molecular complexity index is 920. The number of sulfonamides is 1. The van der Waals surface area contributed by atoms with Crippen molar-refractivity contribution in [3.63, 3.8) is 0 Å². The summed E-state index contributed by atoms with van der Waals surface area (Å²) in [6, 6.07) is 8.42. The summed E-state index contributed by atoms with van der Waals surface area (Å²) in [5.41, 5.74) is 0.547. The molecule has 0 aliphatic heterocycles. The molecule has 0 amide bonds. The fourth-order valence-corrected chi connectivity index (χ4v) is 3.29. The van der Waals surface area contributed by atoms with Crippen molar-refractivity contribution in [3.8, 4) is 11.5 Å². The van der Waals surface area contributed by atoms with Crippen molar-refractivity contribution in [2.24, 2.45) is 0 Å². The predicted molar refractivity (Wildman–Crippen MR) is 96.2 cm³/mol. The standard InChI is InChI=1S/C18H17F6NO4S/c1-2-12-3-5-16(6-4-12)30(26,27)25-13-7-14(28-10-17(19,20)21)9-15(8-13)29-11-18(22,23)24/h3-9,25H,2,10-11H2,1H3. The number of ether oxygens (including phenoxy) is 2. The van der Waals surface area contributed by atoms with Gasteiger partial charge in [-0.1, -0.05) is 19.1 Å². The number of benzene rings is 2. The number of rotatable bonds is 8. The highest BCUT2D eigenvalue weighted by Gasteiger charge is 2.30. The highest BCUT2D eigenvalue weighted by Crippen LogP contribution is 2.30. The first-order valence-corrected chi connectivity index (χ1v) is 9.92. The molecule has 0 atom stereocenters. The van der Waals surface area contributed by atoms with Gasteiger partial charge in [0.05, 0.1) is 10.6 Å². The van der Waals surface area contributed by atoms with E-state index in [0.29, 0.717) is 6.42 Å². The second-order valence-corrected chi connectivity index (χ2v) is 7.79. The molecule has 30 heavy (non-hydrogen) atoms. The van der Waals surface area contributed by atoms with Crippen molar-refractivity contribution < 1.29 is 44.2 Å². The third kappa shape index (κ3) is 7.65. The zero-order valence-electron chi connectivity index (χ0n) is 15.5. The summed E-state index contributed by atoms with van der Waals surface area (Å²) in [7, 11) is -4.16. The molecule has 0 aromatic heterocycles. The minimum Gasteiger partial charge on any atom is -0.484 e. The fraction of sp³-hybridized carbons (Fsp3) is 0.333. The van der Waals surface area contributed by atoms with Crippen LogP contribution in [0.15, 0.2) is 47.4 Å². The highest BCUT2D eigenvalue weighted by atomic mass is 32.2. The normalized spacial score (nSPS) is 12.5. The Balaban J connectivity index is 2.30. The van der Waals surface area contributed by atoms with Crippen LogP contribution >= 0.6 is 0 Å². The first-order valence-electron chi connectivity index (χ1n) is 8.43. The van der Waals surface area contributed by atoms with E-state index in [2.05, 4.69) is 14.2 Å². The monoisotopic (exact) mass is 457 g/mol. The van der Waals surface area contributed by atoms with Crippen LogP contribution in [0.3, 0.4) is 0 Å². The van der Waals surface area contributed by atoms with E-state index in [1.165, 1.54) is 12.1 Å². The van der Waals surface area contributed by atoms with Crippen molar-refractivity contribution in [2.75, 3.05) is 17.9 Å². The van der Waals surface area contributed by atoms with E-state index in [-0.39, 0.29) is 10.6 Å². The molecule has 5 nitrogen and oxygen atoms in total. The maximum absolute atomic E-state index is 12.5. The van der Waals surface area contributed by atoms with Crippen LogP contribution in [0, 0.1) is 0 Å². The molecule has 0 radical (unpaired) electrons. The minimum atomic E-state index is -4.70. The third-order valence-corrected chi connectivity index (χ3v) is 4.98. The van der Waals surface area contributed by atoms with Crippen molar-refractivity contribution in [1.29, 1.82) is 0 Å². The molecule has 0 aliphatic rings. The van der Waals surface area contributed by atoms with Crippen LogP contribution in [-0.4, -0.2) is 34.0 Å². The summed E-state index contributed by atoms with van der Waals surface area (Å²) in [6.07, 6.45) is -8.74. The lowest BCUT2D eigenvalue weighted by Crippen LogP contribution is -2.20. The zero-order valence-corrected chi connectivity index (χ0v) is 16.3. The Hall–Kier alpha value is -2.63. The summed E-state index contributed by atoms with van der Waals surface area (Å²) in [5, 5.41) is 0. The van der Waals surface area contributed by atoms with Crippen molar-refractivity contribution in [3.05, 3.63) is 48.0 Å². The van der Waals surface area contributed by atoms with Crippen LogP contribution in [0.2, 0.25) is 0 Å². The first-order chi connectivity index (χ1) is 13.8. The van der Waals surface area contributed by atoms with E-state index in [4.69, 9.17) is 0 Å². The van der Waals surface area contributed by atoms with Gasteiger partial charge in [0.25, 0.3) is 10.0 Å². The molecule has 2 aromatic rings. The predicted octanol–water partition coefficient (Wildman–Crippen LogP) is 4.93. The molecule has 1 N–H and O–H groups in total.